The molecule has 0 aliphatic heterocycles. The second-order valence-corrected chi connectivity index (χ2v) is 2.03. The highest BCUT2D eigenvalue weighted by atomic mass is 14.8. The van der Waals surface area contributed by atoms with Gasteiger partial charge in [-0.25, -0.2) is 0 Å². The average molecular weight is 127 g/mol. The number of hydrogen-bond acceptors (Lipinski definition) is 3. The molecule has 0 aliphatic carbocycles. The first-order valence-corrected chi connectivity index (χ1v) is 2.69. The van der Waals surface area contributed by atoms with Gasteiger partial charge in [0, 0.05) is 5.70 Å². The lowest BCUT2D eigenvalue weighted by atomic mass is 10.2. The van der Waals surface area contributed by atoms with E-state index in [1.165, 1.54) is 0 Å². The van der Waals surface area contributed by atoms with Crippen LogP contribution in [0, 0.1) is 0 Å². The van der Waals surface area contributed by atoms with Crippen LogP contribution in [0.25, 0.3) is 0 Å². The van der Waals surface area contributed by atoms with E-state index in [-0.39, 0.29) is 0 Å². The normalized spacial score (nSPS) is 11.1. The molecule has 9 heavy (non-hydrogen) atoms. The molecular weight excluding hydrogens is 114 g/mol. The fourth-order valence-electron chi connectivity index (χ4n) is 0.425. The quantitative estimate of drug-likeness (QED) is 0.434. The first-order chi connectivity index (χ1) is 4.04. The highest BCUT2D eigenvalue weighted by Crippen LogP contribution is 1.96. The fraction of sp³-hybridized carbons (Fsp3) is 0.333. The molecule has 52 valence electrons. The average Bonchev–Trinajstić information content (AvgIpc) is 1.63. The van der Waals surface area contributed by atoms with E-state index in [1.54, 1.807) is 13.0 Å². The molecule has 0 aliphatic rings. The molecule has 0 radical (unpaired) electrons. The molecule has 0 atom stereocenters. The van der Waals surface area contributed by atoms with Crippen molar-refractivity contribution < 1.29 is 0 Å². The summed E-state index contributed by atoms with van der Waals surface area (Å²) in [6.07, 6.45) is 1.73. The van der Waals surface area contributed by atoms with Crippen LogP contribution in [-0.2, 0) is 0 Å². The Bertz CT molecular complexity index is 148. The summed E-state index contributed by atoms with van der Waals surface area (Å²) in [6, 6.07) is 0. The minimum Gasteiger partial charge on any atom is -0.402 e. The summed E-state index contributed by atoms with van der Waals surface area (Å²) >= 11 is 0. The van der Waals surface area contributed by atoms with Crippen molar-refractivity contribution in [3.8, 4) is 0 Å². The Morgan fingerprint density at radius 2 is 1.56 bits per heavy atom. The first kappa shape index (κ1) is 7.88. The third-order valence-corrected chi connectivity index (χ3v) is 0.900. The minimum absolute atomic E-state index is 0.319. The van der Waals surface area contributed by atoms with Crippen molar-refractivity contribution in [2.75, 3.05) is 0 Å². The van der Waals surface area contributed by atoms with E-state index in [0.717, 1.165) is 5.57 Å². The van der Waals surface area contributed by atoms with Crippen LogP contribution >= 0.6 is 0 Å². The minimum atomic E-state index is 0.319. The van der Waals surface area contributed by atoms with Crippen molar-refractivity contribution in [2.45, 2.75) is 13.8 Å². The molecule has 0 aromatic rings. The van der Waals surface area contributed by atoms with E-state index in [1.807, 2.05) is 6.92 Å². The molecule has 0 saturated carbocycles. The maximum Gasteiger partial charge on any atom is 0.0964 e. The van der Waals surface area contributed by atoms with Crippen LogP contribution in [0.2, 0.25) is 0 Å². The summed E-state index contributed by atoms with van der Waals surface area (Å²) in [5.74, 6) is 0.319. The highest BCUT2D eigenvalue weighted by Gasteiger charge is 1.86. The van der Waals surface area contributed by atoms with Gasteiger partial charge in [0.2, 0.25) is 0 Å². The zero-order valence-electron chi connectivity index (χ0n) is 5.81. The lowest BCUT2D eigenvalue weighted by Gasteiger charge is -1.95. The molecule has 6 N–H and O–H groups in total. The van der Waals surface area contributed by atoms with E-state index >= 15 is 0 Å². The highest BCUT2D eigenvalue weighted by molar-refractivity contribution is 5.21. The van der Waals surface area contributed by atoms with Crippen LogP contribution in [0.3, 0.4) is 0 Å². The van der Waals surface area contributed by atoms with Gasteiger partial charge in [0.15, 0.2) is 0 Å². The van der Waals surface area contributed by atoms with Crippen molar-refractivity contribution >= 4 is 0 Å². The molecule has 0 aromatic heterocycles. The predicted molar refractivity (Wildman–Crippen MR) is 39.0 cm³/mol. The Kier molecular flexibility index (Phi) is 2.64. The number of allylic oxidation sites excluding steroid dienone is 3. The largest absolute Gasteiger partial charge is 0.402 e. The van der Waals surface area contributed by atoms with Crippen molar-refractivity contribution in [1.82, 2.24) is 0 Å². The Hall–Kier alpha value is -1.12. The monoisotopic (exact) mass is 127 g/mol. The summed E-state index contributed by atoms with van der Waals surface area (Å²) in [5.41, 5.74) is 17.4. The van der Waals surface area contributed by atoms with Gasteiger partial charge in [0.1, 0.15) is 0 Å². The van der Waals surface area contributed by atoms with Crippen LogP contribution in [0.4, 0.5) is 0 Å². The first-order valence-electron chi connectivity index (χ1n) is 2.69. The number of nitrogens with two attached hydrogens (primary N) is 3. The molecule has 0 saturated heterocycles. The Labute approximate surface area is 55.2 Å². The van der Waals surface area contributed by atoms with Crippen LogP contribution in [0.1, 0.15) is 13.8 Å². The van der Waals surface area contributed by atoms with Gasteiger partial charge >= 0.3 is 0 Å². The molecule has 0 spiro atoms. The fourth-order valence-corrected chi connectivity index (χ4v) is 0.425. The van der Waals surface area contributed by atoms with Gasteiger partial charge in [-0.3, -0.25) is 0 Å². The zero-order chi connectivity index (χ0) is 7.44. The smallest absolute Gasteiger partial charge is 0.0964 e. The Balaban J connectivity index is 4.25. The molecule has 0 fully saturated rings. The molecule has 0 aromatic carbocycles. The molecule has 0 heterocycles. The van der Waals surface area contributed by atoms with Crippen LogP contribution in [-0.4, -0.2) is 0 Å². The maximum atomic E-state index is 5.35. The topological polar surface area (TPSA) is 78.1 Å². The predicted octanol–water partition coefficient (Wildman–Crippen LogP) is -0.00220. The third-order valence-electron chi connectivity index (χ3n) is 0.900. The van der Waals surface area contributed by atoms with Gasteiger partial charge in [-0.05, 0) is 25.5 Å². The van der Waals surface area contributed by atoms with Gasteiger partial charge in [0.25, 0.3) is 0 Å². The van der Waals surface area contributed by atoms with Crippen LogP contribution in [0.15, 0.2) is 23.2 Å². The van der Waals surface area contributed by atoms with Gasteiger partial charge < -0.3 is 17.2 Å². The molecule has 3 heteroatoms. The molecule has 0 bridgehead atoms. The van der Waals surface area contributed by atoms with Crippen LogP contribution < -0.4 is 17.2 Å². The lowest BCUT2D eigenvalue weighted by Crippen LogP contribution is -2.10. The summed E-state index contributed by atoms with van der Waals surface area (Å²) in [5, 5.41) is 0. The molecular formula is C6H13N3. The van der Waals surface area contributed by atoms with E-state index in [2.05, 4.69) is 0 Å². The SMILES string of the molecule is CC(/C=C(/C)N)=C(N)N. The molecule has 0 rings (SSSR count). The number of hydrogen-bond donors (Lipinski definition) is 3. The summed E-state index contributed by atoms with van der Waals surface area (Å²) in [7, 11) is 0. The van der Waals surface area contributed by atoms with Gasteiger partial charge in [-0.15, -0.1) is 0 Å². The number of rotatable bonds is 1. The van der Waals surface area contributed by atoms with E-state index in [0.29, 0.717) is 11.5 Å². The van der Waals surface area contributed by atoms with Crippen molar-refractivity contribution in [3.05, 3.63) is 23.2 Å². The van der Waals surface area contributed by atoms with E-state index in [9.17, 15) is 0 Å². The maximum absolute atomic E-state index is 5.35. The lowest BCUT2D eigenvalue weighted by molar-refractivity contribution is 1.17. The second kappa shape index (κ2) is 3.02. The van der Waals surface area contributed by atoms with Crippen molar-refractivity contribution in [3.63, 3.8) is 0 Å². The van der Waals surface area contributed by atoms with Crippen molar-refractivity contribution in [1.29, 1.82) is 0 Å². The second-order valence-electron chi connectivity index (χ2n) is 2.03. The molecule has 0 amide bonds. The van der Waals surface area contributed by atoms with Crippen LogP contribution in [0.5, 0.6) is 0 Å². The summed E-state index contributed by atoms with van der Waals surface area (Å²) < 4.78 is 0. The Morgan fingerprint density at radius 3 is 1.67 bits per heavy atom. The van der Waals surface area contributed by atoms with E-state index in [4.69, 9.17) is 17.2 Å². The summed E-state index contributed by atoms with van der Waals surface area (Å²) in [4.78, 5) is 0. The van der Waals surface area contributed by atoms with E-state index < -0.39 is 0 Å². The standard InChI is InChI=1S/C6H13N3/c1-4(6(8)9)3-5(2)7/h3H,7-9H2,1-2H3/b5-3-. The van der Waals surface area contributed by atoms with Gasteiger partial charge in [-0.2, -0.15) is 0 Å². The summed E-state index contributed by atoms with van der Waals surface area (Å²) in [6.45, 7) is 3.60. The van der Waals surface area contributed by atoms with Gasteiger partial charge in [-0.1, -0.05) is 0 Å². The zero-order valence-corrected chi connectivity index (χ0v) is 5.81. The Morgan fingerprint density at radius 1 is 1.11 bits per heavy atom. The molecule has 3 nitrogen and oxygen atoms in total. The van der Waals surface area contributed by atoms with Crippen molar-refractivity contribution in [2.24, 2.45) is 17.2 Å². The molecule has 0 unspecified atom stereocenters. The third kappa shape index (κ3) is 3.46. The van der Waals surface area contributed by atoms with Gasteiger partial charge in [0.05, 0.1) is 5.82 Å².